The molecule has 0 aromatic heterocycles. The fraction of sp³-hybridized carbons (Fsp3) is 0.211. The molecule has 0 aliphatic carbocycles. The van der Waals surface area contributed by atoms with Crippen molar-refractivity contribution in [2.24, 2.45) is 0 Å². The Bertz CT molecular complexity index is 779. The second-order valence-electron chi connectivity index (χ2n) is 5.08. The molecule has 0 atom stereocenters. The van der Waals surface area contributed by atoms with Crippen LogP contribution >= 0.6 is 0 Å². The summed E-state index contributed by atoms with van der Waals surface area (Å²) >= 11 is 0. The van der Waals surface area contributed by atoms with Gasteiger partial charge in [-0.3, -0.25) is 4.79 Å². The summed E-state index contributed by atoms with van der Waals surface area (Å²) in [4.78, 5) is 12.4. The second-order valence-corrected chi connectivity index (χ2v) is 5.08. The lowest BCUT2D eigenvalue weighted by Gasteiger charge is -2.11. The maximum Gasteiger partial charge on any atom is 0.231 e. The summed E-state index contributed by atoms with van der Waals surface area (Å²) in [5.41, 5.74) is 1.31. The first kappa shape index (κ1) is 15.9. The zero-order valence-corrected chi connectivity index (χ0v) is 13.6. The van der Waals surface area contributed by atoms with Crippen LogP contribution in [0.1, 0.15) is 22.8 Å². The van der Waals surface area contributed by atoms with Gasteiger partial charge in [0.15, 0.2) is 28.8 Å². The average molecular weight is 326 g/mol. The van der Waals surface area contributed by atoms with E-state index in [0.29, 0.717) is 35.2 Å². The highest BCUT2D eigenvalue weighted by atomic mass is 16.7. The third-order valence-electron chi connectivity index (χ3n) is 3.58. The monoisotopic (exact) mass is 326 g/mol. The lowest BCUT2D eigenvalue weighted by molar-refractivity contribution is 0.104. The van der Waals surface area contributed by atoms with Gasteiger partial charge in [-0.15, -0.1) is 0 Å². The van der Waals surface area contributed by atoms with E-state index in [1.54, 1.807) is 31.4 Å². The second kappa shape index (κ2) is 7.08. The quantitative estimate of drug-likeness (QED) is 0.598. The van der Waals surface area contributed by atoms with Crippen LogP contribution in [0.4, 0.5) is 0 Å². The smallest absolute Gasteiger partial charge is 0.231 e. The van der Waals surface area contributed by atoms with E-state index in [0.717, 1.165) is 5.56 Å². The Morgan fingerprint density at radius 2 is 2.04 bits per heavy atom. The number of ketones is 1. The van der Waals surface area contributed by atoms with Gasteiger partial charge in [-0.1, -0.05) is 12.1 Å². The molecule has 3 rings (SSSR count). The van der Waals surface area contributed by atoms with Crippen molar-refractivity contribution in [2.75, 3.05) is 20.5 Å². The zero-order valence-electron chi connectivity index (χ0n) is 13.6. The number of methoxy groups -OCH3 is 1. The molecule has 24 heavy (non-hydrogen) atoms. The van der Waals surface area contributed by atoms with Gasteiger partial charge in [0.1, 0.15) is 0 Å². The highest BCUT2D eigenvalue weighted by molar-refractivity contribution is 6.07. The SMILES string of the molecule is CCOc1cccc(/C=C/C(=O)c2ccc3c(c2)OCO3)c1OC. The van der Waals surface area contributed by atoms with Gasteiger partial charge >= 0.3 is 0 Å². The van der Waals surface area contributed by atoms with E-state index in [2.05, 4.69) is 0 Å². The molecule has 0 N–H and O–H groups in total. The first-order valence-corrected chi connectivity index (χ1v) is 7.64. The molecule has 0 bridgehead atoms. The maximum absolute atomic E-state index is 12.4. The van der Waals surface area contributed by atoms with Crippen LogP contribution in [0.2, 0.25) is 0 Å². The molecule has 5 heteroatoms. The van der Waals surface area contributed by atoms with E-state index >= 15 is 0 Å². The maximum atomic E-state index is 12.4. The van der Waals surface area contributed by atoms with Crippen LogP contribution in [0, 0.1) is 0 Å². The molecule has 1 aliphatic heterocycles. The molecule has 0 amide bonds. The third kappa shape index (κ3) is 3.20. The van der Waals surface area contributed by atoms with E-state index < -0.39 is 0 Å². The number of benzene rings is 2. The number of para-hydroxylation sites is 1. The van der Waals surface area contributed by atoms with E-state index in [4.69, 9.17) is 18.9 Å². The lowest BCUT2D eigenvalue weighted by Crippen LogP contribution is -1.97. The standard InChI is InChI=1S/C19H18O5/c1-3-22-17-6-4-5-13(19(17)21-2)7-9-15(20)14-8-10-16-18(11-14)24-12-23-16/h4-11H,3,12H2,1-2H3/b9-7+. The molecule has 0 radical (unpaired) electrons. The predicted octanol–water partition coefficient (Wildman–Crippen LogP) is 3.72. The first-order chi connectivity index (χ1) is 11.7. The van der Waals surface area contributed by atoms with Gasteiger partial charge in [0.25, 0.3) is 0 Å². The van der Waals surface area contributed by atoms with Gasteiger partial charge in [0.2, 0.25) is 6.79 Å². The van der Waals surface area contributed by atoms with Crippen LogP contribution in [0.15, 0.2) is 42.5 Å². The van der Waals surface area contributed by atoms with Crippen LogP contribution in [0.3, 0.4) is 0 Å². The number of hydrogen-bond donors (Lipinski definition) is 0. The summed E-state index contributed by atoms with van der Waals surface area (Å²) in [5.74, 6) is 2.37. The lowest BCUT2D eigenvalue weighted by atomic mass is 10.1. The van der Waals surface area contributed by atoms with Gasteiger partial charge in [-0.25, -0.2) is 0 Å². The van der Waals surface area contributed by atoms with Crippen LogP contribution in [0.5, 0.6) is 23.0 Å². The highest BCUT2D eigenvalue weighted by Gasteiger charge is 2.15. The number of ether oxygens (including phenoxy) is 4. The number of fused-ring (bicyclic) bond motifs is 1. The van der Waals surface area contributed by atoms with E-state index in [9.17, 15) is 4.79 Å². The van der Waals surface area contributed by atoms with Crippen molar-refractivity contribution in [2.45, 2.75) is 6.92 Å². The Labute approximate surface area is 140 Å². The Morgan fingerprint density at radius 1 is 1.21 bits per heavy atom. The minimum absolute atomic E-state index is 0.128. The molecule has 0 saturated heterocycles. The van der Waals surface area contributed by atoms with Crippen molar-refractivity contribution < 1.29 is 23.7 Å². The Morgan fingerprint density at radius 3 is 2.83 bits per heavy atom. The van der Waals surface area contributed by atoms with Crippen LogP contribution < -0.4 is 18.9 Å². The summed E-state index contributed by atoms with van der Waals surface area (Å²) in [6.45, 7) is 2.63. The Kier molecular flexibility index (Phi) is 4.70. The molecule has 5 nitrogen and oxygen atoms in total. The molecule has 1 heterocycles. The summed E-state index contributed by atoms with van der Waals surface area (Å²) in [6, 6.07) is 10.7. The van der Waals surface area contributed by atoms with E-state index in [1.165, 1.54) is 6.08 Å². The predicted molar refractivity (Wildman–Crippen MR) is 90.1 cm³/mol. The number of carbonyl (C=O) groups excluding carboxylic acids is 1. The molecule has 0 spiro atoms. The fourth-order valence-corrected chi connectivity index (χ4v) is 2.46. The average Bonchev–Trinajstić information content (AvgIpc) is 3.07. The van der Waals surface area contributed by atoms with Crippen molar-refractivity contribution in [3.8, 4) is 23.0 Å². The van der Waals surface area contributed by atoms with Crippen molar-refractivity contribution in [3.63, 3.8) is 0 Å². The van der Waals surface area contributed by atoms with E-state index in [1.807, 2.05) is 25.1 Å². The van der Waals surface area contributed by atoms with Crippen LogP contribution in [-0.4, -0.2) is 26.3 Å². The minimum Gasteiger partial charge on any atom is -0.492 e. The largest absolute Gasteiger partial charge is 0.492 e. The molecule has 0 fully saturated rings. The molecular weight excluding hydrogens is 308 g/mol. The van der Waals surface area contributed by atoms with Gasteiger partial charge in [-0.2, -0.15) is 0 Å². The summed E-state index contributed by atoms with van der Waals surface area (Å²) in [6.07, 6.45) is 3.22. The van der Waals surface area contributed by atoms with Crippen molar-refractivity contribution in [1.82, 2.24) is 0 Å². The number of carbonyl (C=O) groups is 1. The minimum atomic E-state index is -0.128. The molecule has 0 unspecified atom stereocenters. The summed E-state index contributed by atoms with van der Waals surface area (Å²) in [7, 11) is 1.58. The highest BCUT2D eigenvalue weighted by Crippen LogP contribution is 2.34. The van der Waals surface area contributed by atoms with Gasteiger partial charge in [-0.05, 0) is 43.3 Å². The Hall–Kier alpha value is -2.95. The molecule has 0 saturated carbocycles. The topological polar surface area (TPSA) is 54.0 Å². The van der Waals surface area contributed by atoms with Crippen molar-refractivity contribution in [1.29, 1.82) is 0 Å². The van der Waals surface area contributed by atoms with Gasteiger partial charge in [0.05, 0.1) is 13.7 Å². The molecule has 1 aliphatic rings. The van der Waals surface area contributed by atoms with E-state index in [-0.39, 0.29) is 12.6 Å². The fourth-order valence-electron chi connectivity index (χ4n) is 2.46. The van der Waals surface area contributed by atoms with Gasteiger partial charge < -0.3 is 18.9 Å². The zero-order chi connectivity index (χ0) is 16.9. The number of rotatable bonds is 6. The van der Waals surface area contributed by atoms with Crippen molar-refractivity contribution in [3.05, 3.63) is 53.6 Å². The third-order valence-corrected chi connectivity index (χ3v) is 3.58. The Balaban J connectivity index is 1.83. The van der Waals surface area contributed by atoms with Gasteiger partial charge in [0, 0.05) is 11.1 Å². The summed E-state index contributed by atoms with van der Waals surface area (Å²) < 4.78 is 21.5. The normalized spacial score (nSPS) is 12.4. The van der Waals surface area contributed by atoms with Crippen LogP contribution in [0.25, 0.3) is 6.08 Å². The molecular formula is C19H18O5. The summed E-state index contributed by atoms with van der Waals surface area (Å²) in [5, 5.41) is 0. The molecule has 2 aromatic rings. The molecule has 124 valence electrons. The number of allylic oxidation sites excluding steroid dienone is 1. The van der Waals surface area contributed by atoms with Crippen molar-refractivity contribution >= 4 is 11.9 Å². The first-order valence-electron chi connectivity index (χ1n) is 7.64. The number of hydrogen-bond acceptors (Lipinski definition) is 5. The molecule has 2 aromatic carbocycles. The van der Waals surface area contributed by atoms with Crippen LogP contribution in [-0.2, 0) is 0 Å².